The molecule has 0 aromatic carbocycles. The Labute approximate surface area is 105 Å². The van der Waals surface area contributed by atoms with Gasteiger partial charge >= 0.3 is 0 Å². The van der Waals surface area contributed by atoms with E-state index < -0.39 is 0 Å². The summed E-state index contributed by atoms with van der Waals surface area (Å²) in [6.07, 6.45) is 4.05. The van der Waals surface area contributed by atoms with Gasteiger partial charge in [0.15, 0.2) is 0 Å². The van der Waals surface area contributed by atoms with Gasteiger partial charge in [0, 0.05) is 38.0 Å². The number of carbonyl (C=O) groups is 1. The number of amides is 1. The predicted molar refractivity (Wildman–Crippen MR) is 65.5 cm³/mol. The second kappa shape index (κ2) is 4.24. The summed E-state index contributed by atoms with van der Waals surface area (Å²) in [5.41, 5.74) is 0.316. The molecule has 3 rings (SSSR count). The van der Waals surface area contributed by atoms with Gasteiger partial charge in [-0.25, -0.2) is 0 Å². The van der Waals surface area contributed by atoms with Crippen LogP contribution < -0.4 is 5.56 Å². The number of rotatable bonds is 1. The maximum absolute atomic E-state index is 12.3. The summed E-state index contributed by atoms with van der Waals surface area (Å²) in [5.74, 6) is -0.0621. The molecular formula is C13H16N2O3. The van der Waals surface area contributed by atoms with Crippen molar-refractivity contribution in [2.24, 2.45) is 7.05 Å². The van der Waals surface area contributed by atoms with Crippen LogP contribution in [0.2, 0.25) is 0 Å². The summed E-state index contributed by atoms with van der Waals surface area (Å²) in [4.78, 5) is 25.6. The highest BCUT2D eigenvalue weighted by atomic mass is 16.5. The lowest BCUT2D eigenvalue weighted by molar-refractivity contribution is -0.0303. The van der Waals surface area contributed by atoms with Crippen molar-refractivity contribution < 1.29 is 9.53 Å². The van der Waals surface area contributed by atoms with E-state index in [0.29, 0.717) is 18.7 Å². The van der Waals surface area contributed by atoms with E-state index in [0.717, 1.165) is 12.8 Å². The van der Waals surface area contributed by atoms with Gasteiger partial charge in [0.25, 0.3) is 11.5 Å². The number of likely N-dealkylation sites (tertiary alicyclic amines) is 1. The minimum atomic E-state index is -0.155. The van der Waals surface area contributed by atoms with Crippen LogP contribution in [0, 0.1) is 0 Å². The zero-order chi connectivity index (χ0) is 12.7. The van der Waals surface area contributed by atoms with Crippen molar-refractivity contribution in [2.75, 3.05) is 13.1 Å². The third-order valence-electron chi connectivity index (χ3n) is 3.68. The van der Waals surface area contributed by atoms with Crippen LogP contribution in [0.4, 0.5) is 0 Å². The Morgan fingerprint density at radius 2 is 2.00 bits per heavy atom. The molecule has 5 nitrogen and oxygen atoms in total. The molecule has 2 atom stereocenters. The van der Waals surface area contributed by atoms with E-state index in [1.54, 1.807) is 24.2 Å². The average molecular weight is 248 g/mol. The number of ether oxygens (including phenoxy) is 1. The number of aryl methyl sites for hydroxylation is 1. The van der Waals surface area contributed by atoms with Gasteiger partial charge < -0.3 is 14.2 Å². The fourth-order valence-electron chi connectivity index (χ4n) is 2.64. The molecule has 0 N–H and O–H groups in total. The van der Waals surface area contributed by atoms with Gasteiger partial charge in [-0.1, -0.05) is 0 Å². The predicted octanol–water partition coefficient (Wildman–Crippen LogP) is 0.389. The maximum Gasteiger partial charge on any atom is 0.254 e. The standard InChI is InChI=1S/C13H16N2O3/c1-14-5-4-9(6-12(14)16)13(17)15-7-10-2-3-11(8-15)18-10/h4-6,10-11H,2-3,7-8H2,1H3. The van der Waals surface area contributed by atoms with Crippen LogP contribution in [-0.2, 0) is 11.8 Å². The number of hydrogen-bond donors (Lipinski definition) is 0. The smallest absolute Gasteiger partial charge is 0.254 e. The first-order chi connectivity index (χ1) is 8.63. The van der Waals surface area contributed by atoms with Gasteiger partial charge in [-0.05, 0) is 18.9 Å². The van der Waals surface area contributed by atoms with Crippen LogP contribution in [0.15, 0.2) is 23.1 Å². The van der Waals surface area contributed by atoms with E-state index >= 15 is 0 Å². The van der Waals surface area contributed by atoms with Crippen LogP contribution >= 0.6 is 0 Å². The van der Waals surface area contributed by atoms with E-state index in [2.05, 4.69) is 0 Å². The largest absolute Gasteiger partial charge is 0.371 e. The number of morpholine rings is 1. The van der Waals surface area contributed by atoms with E-state index in [1.807, 2.05) is 0 Å². The molecule has 2 bridgehead atoms. The molecule has 1 aromatic rings. The molecular weight excluding hydrogens is 232 g/mol. The lowest BCUT2D eigenvalue weighted by atomic mass is 10.2. The molecule has 3 heterocycles. The lowest BCUT2D eigenvalue weighted by Crippen LogP contribution is -2.46. The number of hydrogen-bond acceptors (Lipinski definition) is 3. The minimum Gasteiger partial charge on any atom is -0.371 e. The van der Waals surface area contributed by atoms with Crippen LogP contribution in [0.1, 0.15) is 23.2 Å². The van der Waals surface area contributed by atoms with Crippen molar-refractivity contribution in [3.8, 4) is 0 Å². The molecule has 2 saturated heterocycles. The average Bonchev–Trinajstić information content (AvgIpc) is 2.71. The molecule has 1 aromatic heterocycles. The minimum absolute atomic E-state index is 0.0621. The highest BCUT2D eigenvalue weighted by molar-refractivity contribution is 5.94. The monoisotopic (exact) mass is 248 g/mol. The molecule has 1 amide bonds. The van der Waals surface area contributed by atoms with Gasteiger partial charge in [0.2, 0.25) is 0 Å². The normalized spacial score (nSPS) is 26.4. The number of carbonyl (C=O) groups excluding carboxylic acids is 1. The van der Waals surface area contributed by atoms with Crippen LogP contribution in [-0.4, -0.2) is 40.7 Å². The highest BCUT2D eigenvalue weighted by Crippen LogP contribution is 2.26. The first-order valence-electron chi connectivity index (χ1n) is 6.25. The topological polar surface area (TPSA) is 51.5 Å². The number of pyridine rings is 1. The van der Waals surface area contributed by atoms with E-state index in [4.69, 9.17) is 4.74 Å². The quantitative estimate of drug-likeness (QED) is 0.722. The molecule has 96 valence electrons. The fourth-order valence-corrected chi connectivity index (χ4v) is 2.64. The SMILES string of the molecule is Cn1ccc(C(=O)N2CC3CCC(C2)O3)cc1=O. The molecule has 5 heteroatoms. The Kier molecular flexibility index (Phi) is 2.70. The molecule has 0 radical (unpaired) electrons. The highest BCUT2D eigenvalue weighted by Gasteiger charge is 2.35. The van der Waals surface area contributed by atoms with Gasteiger partial charge in [0.1, 0.15) is 0 Å². The van der Waals surface area contributed by atoms with Crippen molar-refractivity contribution >= 4 is 5.91 Å². The zero-order valence-corrected chi connectivity index (χ0v) is 10.3. The Bertz CT molecular complexity index is 525. The van der Waals surface area contributed by atoms with Crippen molar-refractivity contribution in [3.63, 3.8) is 0 Å². The third kappa shape index (κ3) is 1.95. The summed E-state index contributed by atoms with van der Waals surface area (Å²) < 4.78 is 7.15. The van der Waals surface area contributed by atoms with Gasteiger partial charge in [-0.2, -0.15) is 0 Å². The summed E-state index contributed by atoms with van der Waals surface area (Å²) in [6.45, 7) is 1.29. The van der Waals surface area contributed by atoms with Gasteiger partial charge in [-0.3, -0.25) is 9.59 Å². The second-order valence-corrected chi connectivity index (χ2v) is 5.03. The van der Waals surface area contributed by atoms with Crippen molar-refractivity contribution in [1.82, 2.24) is 9.47 Å². The van der Waals surface area contributed by atoms with Crippen LogP contribution in [0.5, 0.6) is 0 Å². The molecule has 2 unspecified atom stereocenters. The number of fused-ring (bicyclic) bond motifs is 2. The Morgan fingerprint density at radius 3 is 2.61 bits per heavy atom. The van der Waals surface area contributed by atoms with E-state index in [-0.39, 0.29) is 23.7 Å². The van der Waals surface area contributed by atoms with Crippen molar-refractivity contribution in [1.29, 1.82) is 0 Å². The molecule has 2 aliphatic rings. The summed E-state index contributed by atoms with van der Waals surface area (Å²) >= 11 is 0. The first kappa shape index (κ1) is 11.5. The Balaban J connectivity index is 1.82. The van der Waals surface area contributed by atoms with Crippen molar-refractivity contribution in [3.05, 3.63) is 34.2 Å². The molecule has 18 heavy (non-hydrogen) atoms. The number of nitrogens with zero attached hydrogens (tertiary/aromatic N) is 2. The summed E-state index contributed by atoms with van der Waals surface area (Å²) in [7, 11) is 1.67. The molecule has 2 fully saturated rings. The molecule has 0 spiro atoms. The summed E-state index contributed by atoms with van der Waals surface area (Å²) in [6, 6.07) is 3.10. The Morgan fingerprint density at radius 1 is 1.33 bits per heavy atom. The van der Waals surface area contributed by atoms with Crippen LogP contribution in [0.25, 0.3) is 0 Å². The first-order valence-corrected chi connectivity index (χ1v) is 6.25. The van der Waals surface area contributed by atoms with E-state index in [1.165, 1.54) is 10.6 Å². The zero-order valence-electron chi connectivity index (χ0n) is 10.3. The van der Waals surface area contributed by atoms with Crippen molar-refractivity contribution in [2.45, 2.75) is 25.0 Å². The molecule has 0 aliphatic carbocycles. The fraction of sp³-hybridized carbons (Fsp3) is 0.538. The van der Waals surface area contributed by atoms with Crippen LogP contribution in [0.3, 0.4) is 0 Å². The second-order valence-electron chi connectivity index (χ2n) is 5.03. The number of aromatic nitrogens is 1. The molecule has 2 aliphatic heterocycles. The molecule has 0 saturated carbocycles. The maximum atomic E-state index is 12.3. The van der Waals surface area contributed by atoms with E-state index in [9.17, 15) is 9.59 Å². The Hall–Kier alpha value is -1.62. The lowest BCUT2D eigenvalue weighted by Gasteiger charge is -2.32. The third-order valence-corrected chi connectivity index (χ3v) is 3.68. The summed E-state index contributed by atoms with van der Waals surface area (Å²) in [5, 5.41) is 0. The van der Waals surface area contributed by atoms with Gasteiger partial charge in [-0.15, -0.1) is 0 Å². The van der Waals surface area contributed by atoms with Gasteiger partial charge in [0.05, 0.1) is 12.2 Å².